The zero-order chi connectivity index (χ0) is 24.1. The van der Waals surface area contributed by atoms with Crippen LogP contribution in [-0.4, -0.2) is 33.2 Å². The van der Waals surface area contributed by atoms with Crippen LogP contribution < -0.4 is 10.6 Å². The van der Waals surface area contributed by atoms with Gasteiger partial charge < -0.3 is 15.5 Å². The molecular formula is C25H25N5O4. The summed E-state index contributed by atoms with van der Waals surface area (Å²) in [5, 5.41) is 17.6. The second kappa shape index (κ2) is 10.1. The first kappa shape index (κ1) is 22.9. The third kappa shape index (κ3) is 5.37. The molecule has 2 amide bonds. The first-order valence-electron chi connectivity index (χ1n) is 11.0. The summed E-state index contributed by atoms with van der Waals surface area (Å²) in [4.78, 5) is 41.9. The van der Waals surface area contributed by atoms with Crippen molar-refractivity contribution in [3.8, 4) is 0 Å². The van der Waals surface area contributed by atoms with Gasteiger partial charge in [0.25, 0.3) is 11.6 Å². The van der Waals surface area contributed by atoms with Gasteiger partial charge in [-0.05, 0) is 55.3 Å². The Bertz CT molecular complexity index is 1210. The van der Waals surface area contributed by atoms with E-state index < -0.39 is 10.8 Å². The van der Waals surface area contributed by atoms with Gasteiger partial charge in [-0.15, -0.1) is 0 Å². The fourth-order valence-corrected chi connectivity index (χ4v) is 3.93. The molecule has 1 aliphatic heterocycles. The zero-order valence-electron chi connectivity index (χ0n) is 18.7. The summed E-state index contributed by atoms with van der Waals surface area (Å²) in [7, 11) is 0. The summed E-state index contributed by atoms with van der Waals surface area (Å²) in [6.07, 6.45) is 3.09. The third-order valence-electron chi connectivity index (χ3n) is 5.69. The standard InChI is InChI=1S/C25H25N5O4/c1-17(21-8-2-3-12-26-21)27-22-11-10-19(15-23(22)30(33)34)25(32)28-20-7-4-6-18(14-20)16-29-13-5-9-24(29)31/h2-4,6-8,10-12,14-15,17,27H,5,9,13,16H2,1H3,(H,28,32). The predicted molar refractivity (Wildman–Crippen MR) is 128 cm³/mol. The highest BCUT2D eigenvalue weighted by Gasteiger charge is 2.21. The first-order chi connectivity index (χ1) is 16.4. The number of nitrogens with one attached hydrogen (secondary N) is 2. The number of nitro benzene ring substituents is 1. The lowest BCUT2D eigenvalue weighted by molar-refractivity contribution is -0.384. The normalized spacial score (nSPS) is 14.0. The summed E-state index contributed by atoms with van der Waals surface area (Å²) >= 11 is 0. The number of carbonyl (C=O) groups excluding carboxylic acids is 2. The van der Waals surface area contributed by atoms with E-state index in [1.54, 1.807) is 35.4 Å². The molecule has 1 aromatic heterocycles. The number of benzene rings is 2. The number of pyridine rings is 1. The van der Waals surface area contributed by atoms with Crippen molar-refractivity contribution in [2.45, 2.75) is 32.4 Å². The Labute approximate surface area is 197 Å². The lowest BCUT2D eigenvalue weighted by Crippen LogP contribution is -2.23. The Morgan fingerprint density at radius 3 is 2.74 bits per heavy atom. The number of carbonyl (C=O) groups is 2. The quantitative estimate of drug-likeness (QED) is 0.377. The lowest BCUT2D eigenvalue weighted by Gasteiger charge is -2.16. The van der Waals surface area contributed by atoms with Crippen LogP contribution in [0, 0.1) is 10.1 Å². The van der Waals surface area contributed by atoms with E-state index in [0.717, 1.165) is 24.2 Å². The van der Waals surface area contributed by atoms with Crippen molar-refractivity contribution in [3.63, 3.8) is 0 Å². The van der Waals surface area contributed by atoms with Crippen molar-refractivity contribution < 1.29 is 14.5 Å². The van der Waals surface area contributed by atoms with E-state index in [9.17, 15) is 19.7 Å². The van der Waals surface area contributed by atoms with E-state index in [4.69, 9.17) is 0 Å². The molecule has 9 heteroatoms. The minimum Gasteiger partial charge on any atom is -0.371 e. The molecule has 4 rings (SSSR count). The Balaban J connectivity index is 1.48. The Hall–Kier alpha value is -4.27. The lowest BCUT2D eigenvalue weighted by atomic mass is 10.1. The highest BCUT2D eigenvalue weighted by Crippen LogP contribution is 2.29. The van der Waals surface area contributed by atoms with Crippen LogP contribution in [0.5, 0.6) is 0 Å². The molecule has 0 bridgehead atoms. The molecular weight excluding hydrogens is 434 g/mol. The van der Waals surface area contributed by atoms with E-state index in [2.05, 4.69) is 15.6 Å². The molecule has 1 fully saturated rings. The van der Waals surface area contributed by atoms with Gasteiger partial charge in [0, 0.05) is 43.0 Å². The molecule has 2 aromatic carbocycles. The average molecular weight is 460 g/mol. The van der Waals surface area contributed by atoms with Gasteiger partial charge in [0.1, 0.15) is 5.69 Å². The van der Waals surface area contributed by atoms with E-state index in [1.807, 2.05) is 31.2 Å². The largest absolute Gasteiger partial charge is 0.371 e. The first-order valence-corrected chi connectivity index (χ1v) is 11.0. The molecule has 3 aromatic rings. The van der Waals surface area contributed by atoms with E-state index in [1.165, 1.54) is 12.1 Å². The second-order valence-electron chi connectivity index (χ2n) is 8.18. The maximum atomic E-state index is 12.8. The van der Waals surface area contributed by atoms with Gasteiger partial charge in [-0.2, -0.15) is 0 Å². The minimum atomic E-state index is -0.516. The number of aromatic nitrogens is 1. The zero-order valence-corrected chi connectivity index (χ0v) is 18.7. The Morgan fingerprint density at radius 2 is 2.03 bits per heavy atom. The van der Waals surface area contributed by atoms with Crippen LogP contribution in [0.3, 0.4) is 0 Å². The smallest absolute Gasteiger partial charge is 0.293 e. The maximum absolute atomic E-state index is 12.8. The van der Waals surface area contributed by atoms with Gasteiger partial charge in [-0.3, -0.25) is 24.7 Å². The molecule has 1 saturated heterocycles. The number of nitrogens with zero attached hydrogens (tertiary/aromatic N) is 3. The summed E-state index contributed by atoms with van der Waals surface area (Å²) < 4.78 is 0. The van der Waals surface area contributed by atoms with Gasteiger partial charge in [-0.1, -0.05) is 18.2 Å². The van der Waals surface area contributed by atoms with Crippen molar-refractivity contribution in [3.05, 3.63) is 93.8 Å². The van der Waals surface area contributed by atoms with Gasteiger partial charge in [-0.25, -0.2) is 0 Å². The minimum absolute atomic E-state index is 0.132. The number of anilines is 2. The maximum Gasteiger partial charge on any atom is 0.293 e. The molecule has 1 aliphatic rings. The highest BCUT2D eigenvalue weighted by molar-refractivity contribution is 6.05. The molecule has 2 heterocycles. The fourth-order valence-electron chi connectivity index (χ4n) is 3.93. The summed E-state index contributed by atoms with van der Waals surface area (Å²) in [6.45, 7) is 3.08. The van der Waals surface area contributed by atoms with Crippen LogP contribution in [0.1, 0.15) is 47.4 Å². The second-order valence-corrected chi connectivity index (χ2v) is 8.18. The summed E-state index contributed by atoms with van der Waals surface area (Å²) in [5.74, 6) is -0.324. The van der Waals surface area contributed by atoms with Crippen LogP contribution in [0.25, 0.3) is 0 Å². The van der Waals surface area contributed by atoms with Crippen LogP contribution in [0.4, 0.5) is 17.1 Å². The molecule has 9 nitrogen and oxygen atoms in total. The van der Waals surface area contributed by atoms with Crippen molar-refractivity contribution in [2.24, 2.45) is 0 Å². The fraction of sp³-hybridized carbons (Fsp3) is 0.240. The molecule has 1 atom stereocenters. The Kier molecular flexibility index (Phi) is 6.82. The molecule has 2 N–H and O–H groups in total. The number of rotatable bonds is 8. The van der Waals surface area contributed by atoms with Crippen LogP contribution in [-0.2, 0) is 11.3 Å². The molecule has 0 aliphatic carbocycles. The van der Waals surface area contributed by atoms with Gasteiger partial charge >= 0.3 is 0 Å². The number of likely N-dealkylation sites (tertiary alicyclic amines) is 1. The van der Waals surface area contributed by atoms with E-state index in [0.29, 0.717) is 24.3 Å². The highest BCUT2D eigenvalue weighted by atomic mass is 16.6. The predicted octanol–water partition coefficient (Wildman–Crippen LogP) is 4.54. The molecule has 1 unspecified atom stereocenters. The third-order valence-corrected chi connectivity index (χ3v) is 5.69. The number of hydrogen-bond donors (Lipinski definition) is 2. The van der Waals surface area contributed by atoms with Crippen LogP contribution in [0.2, 0.25) is 0 Å². The monoisotopic (exact) mass is 459 g/mol. The number of hydrogen-bond acceptors (Lipinski definition) is 6. The van der Waals surface area contributed by atoms with E-state index >= 15 is 0 Å². The molecule has 0 radical (unpaired) electrons. The summed E-state index contributed by atoms with van der Waals surface area (Å²) in [6, 6.07) is 16.8. The van der Waals surface area contributed by atoms with Crippen molar-refractivity contribution in [2.75, 3.05) is 17.2 Å². The van der Waals surface area contributed by atoms with Crippen LogP contribution >= 0.6 is 0 Å². The number of nitro groups is 1. The van der Waals surface area contributed by atoms with Crippen molar-refractivity contribution >= 4 is 28.9 Å². The molecule has 0 spiro atoms. The molecule has 34 heavy (non-hydrogen) atoms. The SMILES string of the molecule is CC(Nc1ccc(C(=O)Nc2cccc(CN3CCCC3=O)c2)cc1[N+](=O)[O-])c1ccccn1. The van der Waals surface area contributed by atoms with Crippen LogP contribution in [0.15, 0.2) is 66.9 Å². The average Bonchev–Trinajstić information content (AvgIpc) is 3.24. The molecule has 0 saturated carbocycles. The topological polar surface area (TPSA) is 117 Å². The van der Waals surface area contributed by atoms with Crippen molar-refractivity contribution in [1.29, 1.82) is 0 Å². The Morgan fingerprint density at radius 1 is 1.18 bits per heavy atom. The van der Waals surface area contributed by atoms with Crippen molar-refractivity contribution in [1.82, 2.24) is 9.88 Å². The summed E-state index contributed by atoms with van der Waals surface area (Å²) in [5.41, 5.74) is 2.48. The van der Waals surface area contributed by atoms with Gasteiger partial charge in [0.2, 0.25) is 5.91 Å². The van der Waals surface area contributed by atoms with Gasteiger partial charge in [0.05, 0.1) is 16.7 Å². The molecule has 174 valence electrons. The number of amides is 2. The van der Waals surface area contributed by atoms with E-state index in [-0.39, 0.29) is 23.2 Å². The van der Waals surface area contributed by atoms with Gasteiger partial charge in [0.15, 0.2) is 0 Å².